The minimum atomic E-state index is -0.327. The van der Waals surface area contributed by atoms with Gasteiger partial charge in [-0.1, -0.05) is 25.1 Å². The van der Waals surface area contributed by atoms with Gasteiger partial charge in [0.1, 0.15) is 18.2 Å². The van der Waals surface area contributed by atoms with Gasteiger partial charge in [-0.2, -0.15) is 0 Å². The molecule has 1 atom stereocenters. The molecule has 1 amide bonds. The van der Waals surface area contributed by atoms with Crippen LogP contribution in [0.4, 0.5) is 4.39 Å². The van der Waals surface area contributed by atoms with Crippen LogP contribution >= 0.6 is 0 Å². The van der Waals surface area contributed by atoms with Crippen molar-refractivity contribution in [1.29, 1.82) is 0 Å². The lowest BCUT2D eigenvalue weighted by atomic mass is 10.1. The first-order valence-corrected chi connectivity index (χ1v) is 9.16. The molecule has 1 fully saturated rings. The van der Waals surface area contributed by atoms with Crippen molar-refractivity contribution >= 4 is 5.91 Å². The van der Waals surface area contributed by atoms with E-state index < -0.39 is 0 Å². The number of nitrogens with one attached hydrogen (secondary N) is 1. The maximum atomic E-state index is 13.2. The normalized spacial score (nSPS) is 16.5. The lowest BCUT2D eigenvalue weighted by Crippen LogP contribution is -2.42. The molecule has 0 aromatic heterocycles. The fourth-order valence-corrected chi connectivity index (χ4v) is 3.28. The molecule has 1 unspecified atom stereocenters. The minimum absolute atomic E-state index is 0.0631. The third-order valence-corrected chi connectivity index (χ3v) is 4.58. The summed E-state index contributed by atoms with van der Waals surface area (Å²) in [4.78, 5) is 15.0. The number of benzene rings is 2. The van der Waals surface area contributed by atoms with E-state index in [0.717, 1.165) is 38.0 Å². The maximum Gasteiger partial charge on any atom is 0.254 e. The first kappa shape index (κ1) is 18.4. The maximum absolute atomic E-state index is 13.2. The van der Waals surface area contributed by atoms with Crippen LogP contribution in [0.3, 0.4) is 0 Å². The molecule has 5 heteroatoms. The van der Waals surface area contributed by atoms with Crippen LogP contribution in [0.2, 0.25) is 0 Å². The Morgan fingerprint density at radius 1 is 1.27 bits per heavy atom. The Hall–Kier alpha value is -2.40. The Bertz CT molecular complexity index is 744. The number of ether oxygens (including phenoxy) is 1. The van der Waals surface area contributed by atoms with E-state index in [1.165, 1.54) is 12.1 Å². The molecular weight excluding hydrogens is 331 g/mol. The lowest BCUT2D eigenvalue weighted by molar-refractivity contribution is 0.0692. The van der Waals surface area contributed by atoms with Gasteiger partial charge >= 0.3 is 0 Å². The highest BCUT2D eigenvalue weighted by molar-refractivity contribution is 5.94. The molecule has 3 rings (SSSR count). The topological polar surface area (TPSA) is 41.6 Å². The third kappa shape index (κ3) is 4.61. The highest BCUT2D eigenvalue weighted by atomic mass is 19.1. The van der Waals surface area contributed by atoms with Crippen LogP contribution in [-0.2, 0) is 6.61 Å². The van der Waals surface area contributed by atoms with Crippen molar-refractivity contribution in [3.63, 3.8) is 0 Å². The molecule has 1 aliphatic heterocycles. The molecule has 0 bridgehead atoms. The molecule has 2 aromatic carbocycles. The van der Waals surface area contributed by atoms with Gasteiger partial charge in [0.15, 0.2) is 0 Å². The summed E-state index contributed by atoms with van der Waals surface area (Å²) in [5.41, 5.74) is 1.56. The number of hydrogen-bond donors (Lipinski definition) is 1. The van der Waals surface area contributed by atoms with Crippen LogP contribution in [0, 0.1) is 5.82 Å². The number of carbonyl (C=O) groups is 1. The number of amides is 1. The second-order valence-corrected chi connectivity index (χ2v) is 6.59. The highest BCUT2D eigenvalue weighted by Crippen LogP contribution is 2.17. The summed E-state index contributed by atoms with van der Waals surface area (Å²) in [6, 6.07) is 13.8. The molecule has 4 nitrogen and oxygen atoms in total. The Labute approximate surface area is 154 Å². The smallest absolute Gasteiger partial charge is 0.254 e. The van der Waals surface area contributed by atoms with E-state index in [2.05, 4.69) is 12.2 Å². The zero-order valence-corrected chi connectivity index (χ0v) is 15.1. The Morgan fingerprint density at radius 3 is 2.85 bits per heavy atom. The standard InChI is InChI=1S/C21H25FN2O2/c1-2-11-24(19-9-10-23-14-19)21(25)17-6-3-5-16(12-17)15-26-20-8-4-7-18(22)13-20/h3-8,12-13,19,23H,2,9-11,14-15H2,1H3. The van der Waals surface area contributed by atoms with E-state index in [9.17, 15) is 9.18 Å². The van der Waals surface area contributed by atoms with Gasteiger partial charge in [-0.25, -0.2) is 4.39 Å². The van der Waals surface area contributed by atoms with Crippen LogP contribution in [0.5, 0.6) is 5.75 Å². The minimum Gasteiger partial charge on any atom is -0.489 e. The van der Waals surface area contributed by atoms with Gasteiger partial charge in [0.25, 0.3) is 5.91 Å². The molecule has 2 aromatic rings. The molecule has 1 aliphatic rings. The van der Waals surface area contributed by atoms with Crippen LogP contribution < -0.4 is 10.1 Å². The van der Waals surface area contributed by atoms with Gasteiger partial charge in [0, 0.05) is 30.8 Å². The molecule has 0 saturated carbocycles. The molecule has 1 heterocycles. The van der Waals surface area contributed by atoms with Crippen LogP contribution in [-0.4, -0.2) is 36.5 Å². The average molecular weight is 356 g/mol. The molecule has 1 N–H and O–H groups in total. The van der Waals surface area contributed by atoms with Crippen LogP contribution in [0.15, 0.2) is 48.5 Å². The van der Waals surface area contributed by atoms with Gasteiger partial charge in [0.05, 0.1) is 0 Å². The SMILES string of the molecule is CCCN(C(=O)c1cccc(COc2cccc(F)c2)c1)C1CCNC1. The number of rotatable bonds is 7. The largest absolute Gasteiger partial charge is 0.489 e. The summed E-state index contributed by atoms with van der Waals surface area (Å²) in [5.74, 6) is 0.214. The molecule has 0 spiro atoms. The Balaban J connectivity index is 1.69. The number of hydrogen-bond acceptors (Lipinski definition) is 3. The second kappa shape index (κ2) is 8.81. The lowest BCUT2D eigenvalue weighted by Gasteiger charge is -2.28. The quantitative estimate of drug-likeness (QED) is 0.824. The zero-order chi connectivity index (χ0) is 18.4. The first-order valence-electron chi connectivity index (χ1n) is 9.16. The van der Waals surface area contributed by atoms with E-state index in [1.54, 1.807) is 12.1 Å². The van der Waals surface area contributed by atoms with Crippen molar-refractivity contribution in [3.05, 3.63) is 65.5 Å². The fourth-order valence-electron chi connectivity index (χ4n) is 3.28. The van der Waals surface area contributed by atoms with Crippen molar-refractivity contribution < 1.29 is 13.9 Å². The fraction of sp³-hybridized carbons (Fsp3) is 0.381. The van der Waals surface area contributed by atoms with Gasteiger partial charge in [-0.15, -0.1) is 0 Å². The summed E-state index contributed by atoms with van der Waals surface area (Å²) in [5, 5.41) is 3.33. The number of halogens is 1. The molecular formula is C21H25FN2O2. The van der Waals surface area contributed by atoms with Crippen molar-refractivity contribution in [3.8, 4) is 5.75 Å². The van der Waals surface area contributed by atoms with E-state index in [4.69, 9.17) is 4.74 Å². The van der Waals surface area contributed by atoms with Crippen molar-refractivity contribution in [2.45, 2.75) is 32.4 Å². The predicted octanol–water partition coefficient (Wildman–Crippen LogP) is 3.62. The van der Waals surface area contributed by atoms with E-state index in [-0.39, 0.29) is 17.8 Å². The van der Waals surface area contributed by atoms with E-state index in [1.807, 2.05) is 29.2 Å². The summed E-state index contributed by atoms with van der Waals surface area (Å²) in [6.07, 6.45) is 1.93. The Morgan fingerprint density at radius 2 is 2.12 bits per heavy atom. The van der Waals surface area contributed by atoms with E-state index in [0.29, 0.717) is 17.9 Å². The highest BCUT2D eigenvalue weighted by Gasteiger charge is 2.26. The van der Waals surface area contributed by atoms with Gasteiger partial charge in [-0.3, -0.25) is 4.79 Å². The van der Waals surface area contributed by atoms with Crippen molar-refractivity contribution in [2.24, 2.45) is 0 Å². The molecule has 0 radical (unpaired) electrons. The predicted molar refractivity (Wildman–Crippen MR) is 99.8 cm³/mol. The van der Waals surface area contributed by atoms with Crippen LogP contribution in [0.25, 0.3) is 0 Å². The van der Waals surface area contributed by atoms with Gasteiger partial charge in [-0.05, 0) is 49.2 Å². The van der Waals surface area contributed by atoms with Crippen molar-refractivity contribution in [2.75, 3.05) is 19.6 Å². The van der Waals surface area contributed by atoms with Gasteiger partial charge < -0.3 is 15.0 Å². The summed E-state index contributed by atoms with van der Waals surface area (Å²) < 4.78 is 18.9. The summed E-state index contributed by atoms with van der Waals surface area (Å²) >= 11 is 0. The monoisotopic (exact) mass is 356 g/mol. The molecule has 138 valence electrons. The number of carbonyl (C=O) groups excluding carboxylic acids is 1. The summed E-state index contributed by atoms with van der Waals surface area (Å²) in [7, 11) is 0. The summed E-state index contributed by atoms with van der Waals surface area (Å²) in [6.45, 7) is 4.96. The molecule has 26 heavy (non-hydrogen) atoms. The second-order valence-electron chi connectivity index (χ2n) is 6.59. The van der Waals surface area contributed by atoms with Crippen molar-refractivity contribution in [1.82, 2.24) is 10.2 Å². The molecule has 1 saturated heterocycles. The molecule has 0 aliphatic carbocycles. The zero-order valence-electron chi connectivity index (χ0n) is 15.1. The Kier molecular flexibility index (Phi) is 6.23. The first-order chi connectivity index (χ1) is 12.7. The average Bonchev–Trinajstić information content (AvgIpc) is 3.19. The van der Waals surface area contributed by atoms with Gasteiger partial charge in [0.2, 0.25) is 0 Å². The van der Waals surface area contributed by atoms with E-state index >= 15 is 0 Å². The van der Waals surface area contributed by atoms with Crippen LogP contribution in [0.1, 0.15) is 35.7 Å². The number of nitrogens with zero attached hydrogens (tertiary/aromatic N) is 1. The third-order valence-electron chi connectivity index (χ3n) is 4.58.